The number of carboxylic acids is 1. The number of carboxylic acid groups (broad SMARTS) is 1. The van der Waals surface area contributed by atoms with Crippen LogP contribution in [0, 0.1) is 12.3 Å². The Morgan fingerprint density at radius 2 is 2.28 bits per heavy atom. The average Bonchev–Trinajstić information content (AvgIpc) is 2.86. The Morgan fingerprint density at radius 3 is 2.83 bits per heavy atom. The topological polar surface area (TPSA) is 94.0 Å². The van der Waals surface area contributed by atoms with Gasteiger partial charge in [0.15, 0.2) is 5.82 Å². The van der Waals surface area contributed by atoms with Crippen molar-refractivity contribution in [3.63, 3.8) is 0 Å². The molecule has 0 bridgehead atoms. The van der Waals surface area contributed by atoms with Crippen molar-refractivity contribution in [2.45, 2.75) is 27.3 Å². The van der Waals surface area contributed by atoms with Gasteiger partial charge in [0.05, 0.1) is 17.5 Å². The van der Waals surface area contributed by atoms with Crippen molar-refractivity contribution in [3.05, 3.63) is 18.1 Å². The minimum absolute atomic E-state index is 0.189. The summed E-state index contributed by atoms with van der Waals surface area (Å²) in [5.74, 6) is 0.352. The zero-order valence-corrected chi connectivity index (χ0v) is 10.4. The van der Waals surface area contributed by atoms with E-state index in [0.29, 0.717) is 5.82 Å². The smallest absolute Gasteiger partial charge is 0.310 e. The largest absolute Gasteiger partial charge is 0.481 e. The predicted octanol–water partition coefficient (Wildman–Crippen LogP) is 1.35. The highest BCUT2D eigenvalue weighted by Crippen LogP contribution is 2.23. The molecule has 0 radical (unpaired) electrons. The van der Waals surface area contributed by atoms with Crippen LogP contribution in [-0.4, -0.2) is 31.3 Å². The number of aliphatic carboxylic acids is 1. The molecule has 7 heteroatoms. The highest BCUT2D eigenvalue weighted by molar-refractivity contribution is 5.73. The molecule has 1 N–H and O–H groups in total. The Labute approximate surface area is 103 Å². The normalized spacial score (nSPS) is 11.7. The molecule has 0 aliphatic rings. The maximum Gasteiger partial charge on any atom is 0.310 e. The Bertz CT molecular complexity index is 570. The van der Waals surface area contributed by atoms with Crippen LogP contribution in [0.25, 0.3) is 11.4 Å². The van der Waals surface area contributed by atoms with Crippen LogP contribution in [-0.2, 0) is 11.3 Å². The number of carbonyl (C=O) groups is 1. The van der Waals surface area contributed by atoms with Gasteiger partial charge in [-0.3, -0.25) is 4.79 Å². The standard InChI is InChI=1S/C11H14N4O3/c1-7-4-8(5-18-7)9-12-13-14-15(9)6-11(2,3)10(16)17/h4-5H,6H2,1-3H3,(H,16,17). The van der Waals surface area contributed by atoms with Gasteiger partial charge in [-0.25, -0.2) is 4.68 Å². The summed E-state index contributed by atoms with van der Waals surface area (Å²) >= 11 is 0. The molecule has 2 rings (SSSR count). The zero-order valence-electron chi connectivity index (χ0n) is 10.4. The minimum Gasteiger partial charge on any atom is -0.481 e. The van der Waals surface area contributed by atoms with Crippen LogP contribution in [0.4, 0.5) is 0 Å². The van der Waals surface area contributed by atoms with E-state index < -0.39 is 11.4 Å². The summed E-state index contributed by atoms with van der Waals surface area (Å²) in [5, 5.41) is 20.4. The summed E-state index contributed by atoms with van der Waals surface area (Å²) < 4.78 is 6.67. The third-order valence-corrected chi connectivity index (χ3v) is 2.64. The van der Waals surface area contributed by atoms with Gasteiger partial charge in [0.1, 0.15) is 12.0 Å². The van der Waals surface area contributed by atoms with E-state index in [1.54, 1.807) is 26.2 Å². The maximum atomic E-state index is 11.1. The van der Waals surface area contributed by atoms with E-state index in [2.05, 4.69) is 15.5 Å². The fraction of sp³-hybridized carbons (Fsp3) is 0.455. The molecule has 0 aliphatic carbocycles. The van der Waals surface area contributed by atoms with Crippen LogP contribution < -0.4 is 0 Å². The quantitative estimate of drug-likeness (QED) is 0.880. The van der Waals surface area contributed by atoms with E-state index in [-0.39, 0.29) is 6.54 Å². The number of rotatable bonds is 4. The first-order valence-electron chi connectivity index (χ1n) is 5.45. The van der Waals surface area contributed by atoms with Crippen LogP contribution >= 0.6 is 0 Å². The van der Waals surface area contributed by atoms with Gasteiger partial charge in [0.2, 0.25) is 0 Å². The molecular weight excluding hydrogens is 236 g/mol. The number of aromatic nitrogens is 4. The average molecular weight is 250 g/mol. The van der Waals surface area contributed by atoms with Crippen LogP contribution in [0.2, 0.25) is 0 Å². The summed E-state index contributed by atoms with van der Waals surface area (Å²) in [5.41, 5.74) is -0.207. The zero-order chi connectivity index (χ0) is 13.3. The summed E-state index contributed by atoms with van der Waals surface area (Å²) in [4.78, 5) is 11.1. The van der Waals surface area contributed by atoms with Gasteiger partial charge >= 0.3 is 5.97 Å². The van der Waals surface area contributed by atoms with Gasteiger partial charge in [-0.1, -0.05) is 0 Å². The third kappa shape index (κ3) is 2.24. The van der Waals surface area contributed by atoms with Gasteiger partial charge in [-0.05, 0) is 37.3 Å². The Balaban J connectivity index is 2.32. The molecule has 0 fully saturated rings. The molecule has 2 aromatic rings. The second-order valence-electron chi connectivity index (χ2n) is 4.80. The second kappa shape index (κ2) is 4.25. The van der Waals surface area contributed by atoms with Crippen molar-refractivity contribution in [2.75, 3.05) is 0 Å². The molecular formula is C11H14N4O3. The number of nitrogens with zero attached hydrogens (tertiary/aromatic N) is 4. The molecule has 2 heterocycles. The van der Waals surface area contributed by atoms with Crippen LogP contribution in [0.5, 0.6) is 0 Å². The van der Waals surface area contributed by atoms with Crippen molar-refractivity contribution in [2.24, 2.45) is 5.41 Å². The third-order valence-electron chi connectivity index (χ3n) is 2.64. The second-order valence-corrected chi connectivity index (χ2v) is 4.80. The molecule has 0 amide bonds. The van der Waals surface area contributed by atoms with Gasteiger partial charge in [0.25, 0.3) is 0 Å². The molecule has 0 unspecified atom stereocenters. The number of furan rings is 1. The first-order chi connectivity index (χ1) is 8.40. The number of hydrogen-bond donors (Lipinski definition) is 1. The lowest BCUT2D eigenvalue weighted by Crippen LogP contribution is -2.30. The van der Waals surface area contributed by atoms with Gasteiger partial charge in [-0.2, -0.15) is 0 Å². The summed E-state index contributed by atoms with van der Waals surface area (Å²) in [6, 6.07) is 1.80. The monoisotopic (exact) mass is 250 g/mol. The molecule has 0 aliphatic heterocycles. The number of aryl methyl sites for hydroxylation is 1. The highest BCUT2D eigenvalue weighted by atomic mass is 16.4. The van der Waals surface area contributed by atoms with Crippen molar-refractivity contribution in [3.8, 4) is 11.4 Å². The molecule has 0 saturated carbocycles. The molecule has 96 valence electrons. The fourth-order valence-electron chi connectivity index (χ4n) is 1.52. The SMILES string of the molecule is Cc1cc(-c2nnnn2CC(C)(C)C(=O)O)co1. The van der Waals surface area contributed by atoms with E-state index in [9.17, 15) is 4.79 Å². The summed E-state index contributed by atoms with van der Waals surface area (Å²) in [6.45, 7) is 5.26. The molecule has 0 saturated heterocycles. The Kier molecular flexibility index (Phi) is 2.90. The minimum atomic E-state index is -0.942. The van der Waals surface area contributed by atoms with Crippen LogP contribution in [0.3, 0.4) is 0 Å². The van der Waals surface area contributed by atoms with E-state index >= 15 is 0 Å². The Hall–Kier alpha value is -2.18. The van der Waals surface area contributed by atoms with Gasteiger partial charge in [0, 0.05) is 0 Å². The predicted molar refractivity (Wildman–Crippen MR) is 61.7 cm³/mol. The maximum absolute atomic E-state index is 11.1. The molecule has 2 aromatic heterocycles. The van der Waals surface area contributed by atoms with Gasteiger partial charge in [-0.15, -0.1) is 5.10 Å². The van der Waals surface area contributed by atoms with Crippen LogP contribution in [0.1, 0.15) is 19.6 Å². The van der Waals surface area contributed by atoms with Crippen LogP contribution in [0.15, 0.2) is 16.7 Å². The lowest BCUT2D eigenvalue weighted by molar-refractivity contribution is -0.147. The molecule has 7 nitrogen and oxygen atoms in total. The first kappa shape index (κ1) is 12.3. The van der Waals surface area contributed by atoms with Crippen molar-refractivity contribution < 1.29 is 14.3 Å². The molecule has 18 heavy (non-hydrogen) atoms. The lowest BCUT2D eigenvalue weighted by Gasteiger charge is -2.18. The molecule has 0 spiro atoms. The highest BCUT2D eigenvalue weighted by Gasteiger charge is 2.29. The number of tetrazole rings is 1. The van der Waals surface area contributed by atoms with Crippen molar-refractivity contribution >= 4 is 5.97 Å². The van der Waals surface area contributed by atoms with E-state index in [4.69, 9.17) is 9.52 Å². The summed E-state index contributed by atoms with van der Waals surface area (Å²) in [6.07, 6.45) is 1.55. The molecule has 0 aromatic carbocycles. The number of hydrogen-bond acceptors (Lipinski definition) is 5. The summed E-state index contributed by atoms with van der Waals surface area (Å²) in [7, 11) is 0. The van der Waals surface area contributed by atoms with E-state index in [1.165, 1.54) is 4.68 Å². The van der Waals surface area contributed by atoms with E-state index in [0.717, 1.165) is 11.3 Å². The van der Waals surface area contributed by atoms with Crippen molar-refractivity contribution in [1.82, 2.24) is 20.2 Å². The fourth-order valence-corrected chi connectivity index (χ4v) is 1.52. The van der Waals surface area contributed by atoms with E-state index in [1.807, 2.05) is 6.92 Å². The van der Waals surface area contributed by atoms with Crippen molar-refractivity contribution in [1.29, 1.82) is 0 Å². The Morgan fingerprint density at radius 1 is 1.56 bits per heavy atom. The van der Waals surface area contributed by atoms with Gasteiger partial charge < -0.3 is 9.52 Å². The first-order valence-corrected chi connectivity index (χ1v) is 5.45. The molecule has 0 atom stereocenters. The lowest BCUT2D eigenvalue weighted by atomic mass is 9.94.